The van der Waals surface area contributed by atoms with Crippen molar-refractivity contribution < 1.29 is 14.0 Å². The van der Waals surface area contributed by atoms with Crippen LogP contribution in [-0.4, -0.2) is 26.5 Å². The van der Waals surface area contributed by atoms with Gasteiger partial charge in [0.05, 0.1) is 12.5 Å². The lowest BCUT2D eigenvalue weighted by molar-refractivity contribution is -0.159. The number of carbonyl (C=O) groups excluding carboxylic acids is 1. The number of ether oxygens (including phenoxy) is 1. The molecule has 0 bridgehead atoms. The van der Waals surface area contributed by atoms with Crippen molar-refractivity contribution in [3.63, 3.8) is 0 Å². The summed E-state index contributed by atoms with van der Waals surface area (Å²) in [5, 5.41) is 0.182. The number of unbranched alkanes of at least 4 members (excludes halogenated alkanes) is 8. The van der Waals surface area contributed by atoms with E-state index in [0.717, 1.165) is 12.8 Å². The van der Waals surface area contributed by atoms with Crippen molar-refractivity contribution in [3.05, 3.63) is 0 Å². The molecule has 1 heterocycles. The minimum atomic E-state index is -1.82. The maximum atomic E-state index is 12.0. The first-order chi connectivity index (χ1) is 12.2. The number of rotatable bonds is 12. The Morgan fingerprint density at radius 3 is 2.08 bits per heavy atom. The van der Waals surface area contributed by atoms with E-state index in [1.807, 2.05) is 0 Å². The van der Waals surface area contributed by atoms with Crippen molar-refractivity contribution in [1.82, 2.24) is 0 Å². The first kappa shape index (κ1) is 23.7. The van der Waals surface area contributed by atoms with Gasteiger partial charge in [-0.15, -0.1) is 0 Å². The van der Waals surface area contributed by atoms with Crippen LogP contribution in [0.5, 0.6) is 0 Å². The third kappa shape index (κ3) is 9.03. The SMILES string of the molecule is CCCCCCCCCCC[C@H]1C[C@H](O[Si](C)(C)C(C)(C)C)CC(=O)O1. The quantitative estimate of drug-likeness (QED) is 0.206. The van der Waals surface area contributed by atoms with Crippen molar-refractivity contribution in [2.24, 2.45) is 0 Å². The summed E-state index contributed by atoms with van der Waals surface area (Å²) in [4.78, 5) is 12.0. The lowest BCUT2D eigenvalue weighted by Gasteiger charge is -2.41. The zero-order valence-corrected chi connectivity index (χ0v) is 19.4. The molecule has 154 valence electrons. The molecule has 0 aromatic heterocycles. The average molecular weight is 385 g/mol. The maximum Gasteiger partial charge on any atom is 0.308 e. The third-order valence-electron chi connectivity index (χ3n) is 6.12. The molecule has 0 spiro atoms. The van der Waals surface area contributed by atoms with Crippen LogP contribution < -0.4 is 0 Å². The van der Waals surface area contributed by atoms with E-state index in [2.05, 4.69) is 40.8 Å². The van der Waals surface area contributed by atoms with E-state index in [0.29, 0.717) is 6.42 Å². The van der Waals surface area contributed by atoms with Crippen LogP contribution in [0.15, 0.2) is 0 Å². The van der Waals surface area contributed by atoms with Crippen molar-refractivity contribution in [2.75, 3.05) is 0 Å². The molecular formula is C22H44O3Si. The Morgan fingerprint density at radius 1 is 1.00 bits per heavy atom. The molecule has 26 heavy (non-hydrogen) atoms. The largest absolute Gasteiger partial charge is 0.462 e. The summed E-state index contributed by atoms with van der Waals surface area (Å²) in [6.45, 7) is 13.5. The number of hydrogen-bond acceptors (Lipinski definition) is 3. The van der Waals surface area contributed by atoms with Crippen LogP contribution in [0.4, 0.5) is 0 Å². The van der Waals surface area contributed by atoms with Gasteiger partial charge in [0.15, 0.2) is 8.32 Å². The van der Waals surface area contributed by atoms with E-state index in [-0.39, 0.29) is 23.2 Å². The minimum Gasteiger partial charge on any atom is -0.462 e. The van der Waals surface area contributed by atoms with Crippen molar-refractivity contribution in [2.45, 2.75) is 135 Å². The van der Waals surface area contributed by atoms with Crippen LogP contribution >= 0.6 is 0 Å². The fourth-order valence-electron chi connectivity index (χ4n) is 3.39. The standard InChI is InChI=1S/C22H44O3Si/c1-7-8-9-10-11-12-13-14-15-16-19-17-20(18-21(23)24-19)25-26(5,6)22(2,3)4/h19-20H,7-18H2,1-6H3/t19-,20-/m0/s1. The van der Waals surface area contributed by atoms with Gasteiger partial charge in [0.1, 0.15) is 6.10 Å². The fraction of sp³-hybridized carbons (Fsp3) is 0.955. The number of cyclic esters (lactones) is 1. The van der Waals surface area contributed by atoms with E-state index in [1.54, 1.807) is 0 Å². The molecule has 1 aliphatic rings. The molecule has 0 radical (unpaired) electrons. The highest BCUT2D eigenvalue weighted by Gasteiger charge is 2.41. The van der Waals surface area contributed by atoms with Crippen LogP contribution in [-0.2, 0) is 14.0 Å². The Morgan fingerprint density at radius 2 is 1.54 bits per heavy atom. The van der Waals surface area contributed by atoms with Gasteiger partial charge in [-0.1, -0.05) is 79.1 Å². The van der Waals surface area contributed by atoms with Gasteiger partial charge in [0.25, 0.3) is 0 Å². The van der Waals surface area contributed by atoms with Gasteiger partial charge in [0.2, 0.25) is 0 Å². The molecular weight excluding hydrogens is 340 g/mol. The average Bonchev–Trinajstić information content (AvgIpc) is 2.51. The van der Waals surface area contributed by atoms with E-state index in [9.17, 15) is 4.79 Å². The number of esters is 1. The normalized spacial score (nSPS) is 21.7. The molecule has 0 unspecified atom stereocenters. The Kier molecular flexibility index (Phi) is 10.5. The second kappa shape index (κ2) is 11.5. The van der Waals surface area contributed by atoms with Crippen LogP contribution in [0.25, 0.3) is 0 Å². The monoisotopic (exact) mass is 384 g/mol. The molecule has 0 saturated carbocycles. The van der Waals surface area contributed by atoms with Gasteiger partial charge in [-0.2, -0.15) is 0 Å². The van der Waals surface area contributed by atoms with E-state index >= 15 is 0 Å². The lowest BCUT2D eigenvalue weighted by atomic mass is 9.99. The summed E-state index contributed by atoms with van der Waals surface area (Å²) in [5.74, 6) is -0.0686. The van der Waals surface area contributed by atoms with Gasteiger partial charge in [-0.25, -0.2) is 0 Å². The molecule has 0 aromatic carbocycles. The summed E-state index contributed by atoms with van der Waals surface area (Å²) in [6.07, 6.45) is 14.4. The van der Waals surface area contributed by atoms with Crippen molar-refractivity contribution in [3.8, 4) is 0 Å². The van der Waals surface area contributed by atoms with Gasteiger partial charge in [0, 0.05) is 6.42 Å². The van der Waals surface area contributed by atoms with Crippen LogP contribution in [0.1, 0.15) is 105 Å². The maximum absolute atomic E-state index is 12.0. The van der Waals surface area contributed by atoms with E-state index < -0.39 is 8.32 Å². The summed E-state index contributed by atoms with van der Waals surface area (Å²) in [5.41, 5.74) is 0. The third-order valence-corrected chi connectivity index (χ3v) is 10.7. The molecule has 1 fully saturated rings. The number of hydrogen-bond donors (Lipinski definition) is 0. The van der Waals surface area contributed by atoms with E-state index in [4.69, 9.17) is 9.16 Å². The van der Waals surface area contributed by atoms with Crippen molar-refractivity contribution >= 4 is 14.3 Å². The molecule has 1 saturated heterocycles. The molecule has 3 nitrogen and oxygen atoms in total. The Labute approximate surface area is 163 Å². The molecule has 4 heteroatoms. The number of carbonyl (C=O) groups is 1. The summed E-state index contributed by atoms with van der Waals surface area (Å²) < 4.78 is 12.1. The first-order valence-electron chi connectivity index (χ1n) is 11.0. The summed E-state index contributed by atoms with van der Waals surface area (Å²) in [6, 6.07) is 0. The zero-order chi connectivity index (χ0) is 19.6. The van der Waals surface area contributed by atoms with Gasteiger partial charge in [-0.3, -0.25) is 4.79 Å². The molecule has 1 rings (SSSR count). The molecule has 2 atom stereocenters. The highest BCUT2D eigenvalue weighted by atomic mass is 28.4. The topological polar surface area (TPSA) is 35.5 Å². The second-order valence-corrected chi connectivity index (χ2v) is 14.4. The predicted octanol–water partition coefficient (Wildman–Crippen LogP) is 7.00. The highest BCUT2D eigenvalue weighted by Crippen LogP contribution is 2.39. The van der Waals surface area contributed by atoms with Crippen LogP contribution in [0.2, 0.25) is 18.1 Å². The smallest absolute Gasteiger partial charge is 0.308 e. The molecule has 0 N–H and O–H groups in total. The molecule has 0 aliphatic carbocycles. The van der Waals surface area contributed by atoms with Crippen LogP contribution in [0.3, 0.4) is 0 Å². The Hall–Kier alpha value is -0.353. The van der Waals surface area contributed by atoms with Crippen molar-refractivity contribution in [1.29, 1.82) is 0 Å². The lowest BCUT2D eigenvalue weighted by Crippen LogP contribution is -2.47. The molecule has 1 aliphatic heterocycles. The Bertz CT molecular complexity index is 401. The first-order valence-corrected chi connectivity index (χ1v) is 13.9. The zero-order valence-electron chi connectivity index (χ0n) is 18.4. The van der Waals surface area contributed by atoms with Gasteiger partial charge >= 0.3 is 5.97 Å². The molecule has 0 amide bonds. The van der Waals surface area contributed by atoms with Crippen LogP contribution in [0, 0.1) is 0 Å². The van der Waals surface area contributed by atoms with Gasteiger partial charge in [-0.05, 0) is 31.0 Å². The summed E-state index contributed by atoms with van der Waals surface area (Å²) in [7, 11) is -1.82. The second-order valence-electron chi connectivity index (χ2n) is 9.67. The highest BCUT2D eigenvalue weighted by molar-refractivity contribution is 6.74. The Balaban J connectivity index is 2.24. The summed E-state index contributed by atoms with van der Waals surface area (Å²) >= 11 is 0. The predicted molar refractivity (Wildman–Crippen MR) is 113 cm³/mol. The minimum absolute atomic E-state index is 0.0562. The molecule has 0 aromatic rings. The van der Waals surface area contributed by atoms with Gasteiger partial charge < -0.3 is 9.16 Å². The fourth-order valence-corrected chi connectivity index (χ4v) is 4.75. The van der Waals surface area contributed by atoms with E-state index in [1.165, 1.54) is 57.8 Å².